The first-order valence-electron chi connectivity index (χ1n) is 11.4. The molecule has 0 radical (unpaired) electrons. The minimum absolute atomic E-state index is 0.0918. The number of benzene rings is 3. The molecular formula is C28H31NO5. The van der Waals surface area contributed by atoms with Gasteiger partial charge in [-0.1, -0.05) is 44.2 Å². The van der Waals surface area contributed by atoms with Crippen LogP contribution in [0.3, 0.4) is 0 Å². The van der Waals surface area contributed by atoms with Gasteiger partial charge in [0.1, 0.15) is 17.6 Å². The molecule has 1 amide bonds. The summed E-state index contributed by atoms with van der Waals surface area (Å²) in [5.74, 6) is 0.161. The van der Waals surface area contributed by atoms with E-state index in [9.17, 15) is 14.7 Å². The number of phenolic OH excluding ortho intramolecular Hbond substituents is 1. The van der Waals surface area contributed by atoms with Crippen LogP contribution in [0.25, 0.3) is 11.1 Å². The van der Waals surface area contributed by atoms with Crippen molar-refractivity contribution in [3.8, 4) is 22.6 Å². The van der Waals surface area contributed by atoms with Gasteiger partial charge in [-0.2, -0.15) is 0 Å². The molecule has 6 nitrogen and oxygen atoms in total. The number of carbonyl (C=O) groups excluding carboxylic acids is 1. The Morgan fingerprint density at radius 3 is 2.24 bits per heavy atom. The van der Waals surface area contributed by atoms with Crippen molar-refractivity contribution in [2.24, 2.45) is 5.92 Å². The summed E-state index contributed by atoms with van der Waals surface area (Å²) < 4.78 is 6.39. The number of phenols is 1. The van der Waals surface area contributed by atoms with Gasteiger partial charge in [0.15, 0.2) is 0 Å². The first-order valence-corrected chi connectivity index (χ1v) is 11.4. The van der Waals surface area contributed by atoms with Crippen LogP contribution in [0, 0.1) is 12.8 Å². The van der Waals surface area contributed by atoms with Gasteiger partial charge in [-0.15, -0.1) is 0 Å². The number of nitrogens with one attached hydrogen (secondary N) is 1. The number of carbonyl (C=O) groups is 2. The molecule has 0 heterocycles. The molecule has 3 aromatic rings. The lowest BCUT2D eigenvalue weighted by Gasteiger charge is -2.22. The summed E-state index contributed by atoms with van der Waals surface area (Å²) in [7, 11) is 0. The van der Waals surface area contributed by atoms with E-state index in [0.29, 0.717) is 11.5 Å². The monoisotopic (exact) mass is 461 g/mol. The standard InChI is InChI=1S/C28H31NO5/c1-18(2)16-26(21-4-6-22(7-5-21)28(33)29-15-14-27(31)32)34-24-12-13-25(19(3)17-24)20-8-10-23(30)11-9-20/h4-13,17-18,26,30H,14-16H2,1-3H3,(H,29,33)(H,31,32). The number of carboxylic acids is 1. The van der Waals surface area contributed by atoms with Crippen molar-refractivity contribution in [1.29, 1.82) is 0 Å². The summed E-state index contributed by atoms with van der Waals surface area (Å²) in [4.78, 5) is 22.9. The molecule has 178 valence electrons. The second kappa shape index (κ2) is 11.4. The van der Waals surface area contributed by atoms with Crippen molar-refractivity contribution in [1.82, 2.24) is 5.32 Å². The zero-order valence-corrected chi connectivity index (χ0v) is 19.7. The SMILES string of the molecule is Cc1cc(OC(CC(C)C)c2ccc(C(=O)NCCC(=O)O)cc2)ccc1-c1ccc(O)cc1. The summed E-state index contributed by atoms with van der Waals surface area (Å²) in [5, 5.41) is 20.9. The molecular weight excluding hydrogens is 430 g/mol. The van der Waals surface area contributed by atoms with E-state index >= 15 is 0 Å². The van der Waals surface area contributed by atoms with Crippen LogP contribution in [0.4, 0.5) is 0 Å². The second-order valence-electron chi connectivity index (χ2n) is 8.78. The van der Waals surface area contributed by atoms with E-state index in [4.69, 9.17) is 9.84 Å². The van der Waals surface area contributed by atoms with Gasteiger partial charge in [-0.3, -0.25) is 9.59 Å². The summed E-state index contributed by atoms with van der Waals surface area (Å²) >= 11 is 0. The molecule has 3 N–H and O–H groups in total. The third kappa shape index (κ3) is 6.85. The van der Waals surface area contributed by atoms with Gasteiger partial charge in [0.25, 0.3) is 5.91 Å². The Morgan fingerprint density at radius 1 is 0.971 bits per heavy atom. The molecule has 0 fully saturated rings. The van der Waals surface area contributed by atoms with Gasteiger partial charge < -0.3 is 20.3 Å². The van der Waals surface area contributed by atoms with E-state index in [1.807, 2.05) is 49.4 Å². The van der Waals surface area contributed by atoms with E-state index in [2.05, 4.69) is 19.2 Å². The fraction of sp³-hybridized carbons (Fsp3) is 0.286. The summed E-state index contributed by atoms with van der Waals surface area (Å²) in [6.07, 6.45) is 0.519. The average molecular weight is 462 g/mol. The zero-order chi connectivity index (χ0) is 24.7. The molecule has 0 aliphatic rings. The van der Waals surface area contributed by atoms with Crippen LogP contribution in [0.15, 0.2) is 66.7 Å². The second-order valence-corrected chi connectivity index (χ2v) is 8.78. The van der Waals surface area contributed by atoms with Crippen molar-refractivity contribution in [3.05, 3.63) is 83.4 Å². The average Bonchev–Trinajstić information content (AvgIpc) is 2.79. The molecule has 3 aromatic carbocycles. The molecule has 0 saturated heterocycles. The topological polar surface area (TPSA) is 95.9 Å². The number of hydrogen-bond acceptors (Lipinski definition) is 4. The number of aliphatic carboxylic acids is 1. The predicted molar refractivity (Wildman–Crippen MR) is 132 cm³/mol. The number of rotatable bonds is 10. The van der Waals surface area contributed by atoms with Gasteiger partial charge in [0.05, 0.1) is 6.42 Å². The Hall–Kier alpha value is -3.80. The third-order valence-electron chi connectivity index (χ3n) is 5.51. The Bertz CT molecular complexity index is 1120. The van der Waals surface area contributed by atoms with Crippen LogP contribution in [0.1, 0.15) is 54.3 Å². The van der Waals surface area contributed by atoms with E-state index in [-0.39, 0.29) is 30.7 Å². The lowest BCUT2D eigenvalue weighted by molar-refractivity contribution is -0.136. The van der Waals surface area contributed by atoms with E-state index < -0.39 is 5.97 Å². The van der Waals surface area contributed by atoms with Crippen LogP contribution in [0.5, 0.6) is 11.5 Å². The molecule has 3 rings (SSSR count). The summed E-state index contributed by atoms with van der Waals surface area (Å²) in [6.45, 7) is 6.40. The molecule has 0 bridgehead atoms. The van der Waals surface area contributed by atoms with Crippen LogP contribution < -0.4 is 10.1 Å². The maximum atomic E-state index is 12.2. The molecule has 1 atom stereocenters. The molecule has 6 heteroatoms. The van der Waals surface area contributed by atoms with E-state index in [1.54, 1.807) is 24.3 Å². The van der Waals surface area contributed by atoms with Crippen molar-refractivity contribution in [2.75, 3.05) is 6.54 Å². The fourth-order valence-electron chi connectivity index (χ4n) is 3.75. The van der Waals surface area contributed by atoms with E-state index in [1.165, 1.54) is 0 Å². The highest BCUT2D eigenvalue weighted by Crippen LogP contribution is 2.32. The Balaban J connectivity index is 1.74. The van der Waals surface area contributed by atoms with Crippen molar-refractivity contribution < 1.29 is 24.5 Å². The molecule has 0 aliphatic carbocycles. The highest BCUT2D eigenvalue weighted by atomic mass is 16.5. The normalized spacial score (nSPS) is 11.8. The molecule has 0 aliphatic heterocycles. The van der Waals surface area contributed by atoms with Gasteiger partial charge >= 0.3 is 5.97 Å². The van der Waals surface area contributed by atoms with Crippen molar-refractivity contribution in [2.45, 2.75) is 39.7 Å². The number of aryl methyl sites for hydroxylation is 1. The quantitative estimate of drug-likeness (QED) is 0.358. The Morgan fingerprint density at radius 2 is 1.65 bits per heavy atom. The number of carboxylic acid groups (broad SMARTS) is 1. The van der Waals surface area contributed by atoms with Gasteiger partial charge in [0, 0.05) is 12.1 Å². The van der Waals surface area contributed by atoms with Gasteiger partial charge in [-0.05, 0) is 77.9 Å². The minimum Gasteiger partial charge on any atom is -0.508 e. The zero-order valence-electron chi connectivity index (χ0n) is 19.7. The van der Waals surface area contributed by atoms with Gasteiger partial charge in [-0.25, -0.2) is 0 Å². The van der Waals surface area contributed by atoms with Crippen molar-refractivity contribution in [3.63, 3.8) is 0 Å². The molecule has 0 saturated carbocycles. The van der Waals surface area contributed by atoms with Crippen molar-refractivity contribution >= 4 is 11.9 Å². The first kappa shape index (κ1) is 24.8. The highest BCUT2D eigenvalue weighted by molar-refractivity contribution is 5.94. The van der Waals surface area contributed by atoms with E-state index in [0.717, 1.165) is 34.4 Å². The first-order chi connectivity index (χ1) is 16.2. The smallest absolute Gasteiger partial charge is 0.305 e. The van der Waals surface area contributed by atoms with Crippen LogP contribution in [0.2, 0.25) is 0 Å². The minimum atomic E-state index is -0.948. The van der Waals surface area contributed by atoms with Crippen LogP contribution in [-0.2, 0) is 4.79 Å². The number of aromatic hydroxyl groups is 1. The maximum Gasteiger partial charge on any atom is 0.305 e. The van der Waals surface area contributed by atoms with Crippen LogP contribution >= 0.6 is 0 Å². The number of amides is 1. The fourth-order valence-corrected chi connectivity index (χ4v) is 3.75. The molecule has 0 aromatic heterocycles. The number of ether oxygens (including phenoxy) is 1. The highest BCUT2D eigenvalue weighted by Gasteiger charge is 2.17. The summed E-state index contributed by atoms with van der Waals surface area (Å²) in [6, 6.07) is 20.4. The van der Waals surface area contributed by atoms with Crippen LogP contribution in [-0.4, -0.2) is 28.6 Å². The predicted octanol–water partition coefficient (Wildman–Crippen LogP) is 5.74. The largest absolute Gasteiger partial charge is 0.508 e. The lowest BCUT2D eigenvalue weighted by atomic mass is 9.97. The third-order valence-corrected chi connectivity index (χ3v) is 5.51. The lowest BCUT2D eigenvalue weighted by Crippen LogP contribution is -2.26. The Kier molecular flexibility index (Phi) is 8.30. The molecule has 1 unspecified atom stereocenters. The summed E-state index contributed by atoms with van der Waals surface area (Å²) in [5.41, 5.74) is 4.62. The molecule has 0 spiro atoms. The van der Waals surface area contributed by atoms with Gasteiger partial charge in [0.2, 0.25) is 0 Å². The maximum absolute atomic E-state index is 12.2. The molecule has 34 heavy (non-hydrogen) atoms. The Labute approximate surface area is 200 Å². The number of hydrogen-bond donors (Lipinski definition) is 3.